The fourth-order valence-electron chi connectivity index (χ4n) is 1.31. The van der Waals surface area contributed by atoms with Crippen molar-refractivity contribution >= 4 is 15.9 Å². The quantitative estimate of drug-likeness (QED) is 0.619. The second-order valence-corrected chi connectivity index (χ2v) is 5.11. The van der Waals surface area contributed by atoms with Crippen LogP contribution in [-0.4, -0.2) is 39.7 Å². The Kier molecular flexibility index (Phi) is 4.65. The molecule has 4 N–H and O–H groups in total. The summed E-state index contributed by atoms with van der Waals surface area (Å²) in [4.78, 5) is 11.0. The van der Waals surface area contributed by atoms with Gasteiger partial charge >= 0.3 is 0 Å². The number of nitrogens with two attached hydrogens (primary N) is 1. The number of benzene rings is 1. The first-order valence-electron chi connectivity index (χ1n) is 5.00. The van der Waals surface area contributed by atoms with E-state index in [4.69, 9.17) is 15.6 Å². The Morgan fingerprint density at radius 1 is 1.50 bits per heavy atom. The lowest BCUT2D eigenvalue weighted by Crippen LogP contribution is -2.27. The maximum Gasteiger partial charge on any atom is 0.252 e. The molecule has 7 nitrogen and oxygen atoms in total. The monoisotopic (exact) mass is 274 g/mol. The number of sulfonamides is 1. The molecule has 0 aliphatic rings. The predicted octanol–water partition coefficient (Wildman–Crippen LogP) is -0.935. The number of hydrogen-bond acceptors (Lipinski definition) is 5. The van der Waals surface area contributed by atoms with Crippen LogP contribution in [0.15, 0.2) is 23.1 Å². The molecule has 0 aliphatic carbocycles. The van der Waals surface area contributed by atoms with Crippen LogP contribution in [0.4, 0.5) is 0 Å². The average molecular weight is 274 g/mol. The van der Waals surface area contributed by atoms with Gasteiger partial charge in [-0.3, -0.25) is 4.79 Å². The highest BCUT2D eigenvalue weighted by Gasteiger charge is 2.17. The van der Waals surface area contributed by atoms with Crippen LogP contribution in [0.25, 0.3) is 0 Å². The lowest BCUT2D eigenvalue weighted by atomic mass is 10.2. The van der Waals surface area contributed by atoms with Crippen molar-refractivity contribution in [2.75, 3.05) is 20.3 Å². The Hall–Kier alpha value is -1.64. The maximum atomic E-state index is 11.8. The summed E-state index contributed by atoms with van der Waals surface area (Å²) in [7, 11) is -2.43. The number of rotatable bonds is 6. The zero-order valence-electron chi connectivity index (χ0n) is 9.71. The number of ether oxygens (including phenoxy) is 1. The van der Waals surface area contributed by atoms with E-state index in [1.807, 2.05) is 0 Å². The minimum Gasteiger partial charge on any atom is -0.496 e. The second kappa shape index (κ2) is 5.80. The van der Waals surface area contributed by atoms with Gasteiger partial charge in [-0.25, -0.2) is 13.1 Å². The van der Waals surface area contributed by atoms with Crippen LogP contribution >= 0.6 is 0 Å². The summed E-state index contributed by atoms with van der Waals surface area (Å²) in [6.07, 6.45) is 0. The third kappa shape index (κ3) is 3.19. The van der Waals surface area contributed by atoms with Crippen LogP contribution in [-0.2, 0) is 10.0 Å². The van der Waals surface area contributed by atoms with Crippen molar-refractivity contribution in [2.45, 2.75) is 4.90 Å². The van der Waals surface area contributed by atoms with E-state index >= 15 is 0 Å². The maximum absolute atomic E-state index is 11.8. The molecular weight excluding hydrogens is 260 g/mol. The summed E-state index contributed by atoms with van der Waals surface area (Å²) < 4.78 is 30.6. The Labute approximate surface area is 105 Å². The van der Waals surface area contributed by atoms with E-state index in [9.17, 15) is 13.2 Å². The van der Waals surface area contributed by atoms with Gasteiger partial charge in [-0.1, -0.05) is 0 Å². The fraction of sp³-hybridized carbons (Fsp3) is 0.300. The SMILES string of the molecule is COc1ccc(S(=O)(=O)NCCO)cc1C(N)=O. The van der Waals surface area contributed by atoms with Gasteiger partial charge in [-0.05, 0) is 18.2 Å². The van der Waals surface area contributed by atoms with Gasteiger partial charge in [0, 0.05) is 6.54 Å². The van der Waals surface area contributed by atoms with Crippen LogP contribution in [0.2, 0.25) is 0 Å². The predicted molar refractivity (Wildman–Crippen MR) is 63.8 cm³/mol. The van der Waals surface area contributed by atoms with Crippen LogP contribution in [0.1, 0.15) is 10.4 Å². The van der Waals surface area contributed by atoms with Crippen molar-refractivity contribution in [3.8, 4) is 5.75 Å². The largest absolute Gasteiger partial charge is 0.496 e. The van der Waals surface area contributed by atoms with Gasteiger partial charge in [-0.2, -0.15) is 0 Å². The highest BCUT2D eigenvalue weighted by molar-refractivity contribution is 7.89. The molecule has 0 fully saturated rings. The number of carbonyl (C=O) groups is 1. The summed E-state index contributed by atoms with van der Waals surface area (Å²) >= 11 is 0. The number of hydrogen-bond donors (Lipinski definition) is 3. The Morgan fingerprint density at radius 3 is 2.67 bits per heavy atom. The first-order valence-corrected chi connectivity index (χ1v) is 6.49. The van der Waals surface area contributed by atoms with Crippen LogP contribution in [0, 0.1) is 0 Å². The van der Waals surface area contributed by atoms with Crippen LogP contribution in [0.3, 0.4) is 0 Å². The fourth-order valence-corrected chi connectivity index (χ4v) is 2.36. The number of methoxy groups -OCH3 is 1. The van der Waals surface area contributed by atoms with Crippen LogP contribution in [0.5, 0.6) is 5.75 Å². The smallest absolute Gasteiger partial charge is 0.252 e. The van der Waals surface area contributed by atoms with E-state index in [1.54, 1.807) is 0 Å². The molecule has 0 aromatic heterocycles. The summed E-state index contributed by atoms with van der Waals surface area (Å²) in [6, 6.07) is 3.75. The zero-order chi connectivity index (χ0) is 13.8. The van der Waals surface area contributed by atoms with E-state index in [1.165, 1.54) is 19.2 Å². The number of aliphatic hydroxyl groups excluding tert-OH is 1. The molecule has 1 rings (SSSR count). The number of primary amides is 1. The summed E-state index contributed by atoms with van der Waals surface area (Å²) in [5.74, 6) is -0.588. The van der Waals surface area contributed by atoms with Crippen molar-refractivity contribution in [2.24, 2.45) is 5.73 Å². The highest BCUT2D eigenvalue weighted by atomic mass is 32.2. The van der Waals surface area contributed by atoms with Gasteiger partial charge in [0.1, 0.15) is 5.75 Å². The number of carbonyl (C=O) groups excluding carboxylic acids is 1. The van der Waals surface area contributed by atoms with Crippen molar-refractivity contribution < 1.29 is 23.1 Å². The second-order valence-electron chi connectivity index (χ2n) is 3.35. The molecule has 100 valence electrons. The zero-order valence-corrected chi connectivity index (χ0v) is 10.5. The standard InChI is InChI=1S/C10H14N2O5S/c1-17-9-3-2-7(6-8(9)10(11)14)18(15,16)12-4-5-13/h2-3,6,12-13H,4-5H2,1H3,(H2,11,14). The average Bonchev–Trinajstić information content (AvgIpc) is 2.35. The third-order valence-electron chi connectivity index (χ3n) is 2.15. The number of aliphatic hydroxyl groups is 1. The van der Waals surface area contributed by atoms with Gasteiger partial charge in [0.15, 0.2) is 0 Å². The van der Waals surface area contributed by atoms with Crippen molar-refractivity contribution in [3.05, 3.63) is 23.8 Å². The van der Waals surface area contributed by atoms with E-state index in [-0.39, 0.29) is 29.4 Å². The molecule has 18 heavy (non-hydrogen) atoms. The lowest BCUT2D eigenvalue weighted by molar-refractivity contribution is 0.0997. The first kappa shape index (κ1) is 14.4. The molecule has 1 aromatic rings. The van der Waals surface area contributed by atoms with Crippen molar-refractivity contribution in [1.82, 2.24) is 4.72 Å². The van der Waals surface area contributed by atoms with E-state index in [2.05, 4.69) is 4.72 Å². The van der Waals surface area contributed by atoms with Gasteiger partial charge in [0.2, 0.25) is 10.0 Å². The molecule has 0 atom stereocenters. The molecule has 0 saturated heterocycles. The Balaban J connectivity index is 3.20. The molecule has 0 radical (unpaired) electrons. The molecule has 0 bridgehead atoms. The molecule has 1 aromatic carbocycles. The van der Waals surface area contributed by atoms with E-state index < -0.39 is 15.9 Å². The van der Waals surface area contributed by atoms with Crippen LogP contribution < -0.4 is 15.2 Å². The van der Waals surface area contributed by atoms with E-state index in [0.717, 1.165) is 6.07 Å². The van der Waals surface area contributed by atoms with Gasteiger partial charge in [0.05, 0.1) is 24.2 Å². The Bertz CT molecular complexity index is 541. The Morgan fingerprint density at radius 2 is 2.17 bits per heavy atom. The normalized spacial score (nSPS) is 11.2. The molecule has 0 spiro atoms. The van der Waals surface area contributed by atoms with E-state index in [0.29, 0.717) is 0 Å². The summed E-state index contributed by atoms with van der Waals surface area (Å²) in [5, 5.41) is 8.58. The number of nitrogens with one attached hydrogen (secondary N) is 1. The van der Waals surface area contributed by atoms with Gasteiger partial charge < -0.3 is 15.6 Å². The molecule has 0 heterocycles. The minimum atomic E-state index is -3.78. The number of amides is 1. The van der Waals surface area contributed by atoms with Crippen molar-refractivity contribution in [3.63, 3.8) is 0 Å². The molecule has 0 aliphatic heterocycles. The van der Waals surface area contributed by atoms with Gasteiger partial charge in [0.25, 0.3) is 5.91 Å². The first-order chi connectivity index (χ1) is 8.42. The van der Waals surface area contributed by atoms with Gasteiger partial charge in [-0.15, -0.1) is 0 Å². The molecule has 0 saturated carbocycles. The summed E-state index contributed by atoms with van der Waals surface area (Å²) in [6.45, 7) is -0.432. The highest BCUT2D eigenvalue weighted by Crippen LogP contribution is 2.21. The lowest BCUT2D eigenvalue weighted by Gasteiger charge is -2.09. The molecule has 8 heteroatoms. The summed E-state index contributed by atoms with van der Waals surface area (Å²) in [5.41, 5.74) is 5.10. The topological polar surface area (TPSA) is 119 Å². The molecule has 1 amide bonds. The third-order valence-corrected chi connectivity index (χ3v) is 3.61. The van der Waals surface area contributed by atoms with Crippen molar-refractivity contribution in [1.29, 1.82) is 0 Å². The minimum absolute atomic E-state index is 0.0237. The molecular formula is C10H14N2O5S. The molecule has 0 unspecified atom stereocenters.